The number of thioether (sulfide) groups is 1. The largest absolute Gasteiger partial charge is 0.353 e. The monoisotopic (exact) mass is 340 g/mol. The molecule has 1 aliphatic carbocycles. The van der Waals surface area contributed by atoms with Crippen molar-refractivity contribution >= 4 is 29.3 Å². The zero-order valence-corrected chi connectivity index (χ0v) is 14.6. The average molecular weight is 341 g/mol. The average Bonchev–Trinajstić information content (AvgIpc) is 2.51. The third-order valence-corrected chi connectivity index (χ3v) is 5.69. The van der Waals surface area contributed by atoms with Crippen molar-refractivity contribution < 1.29 is 4.79 Å². The second kappa shape index (κ2) is 8.80. The molecule has 1 aromatic rings. The Morgan fingerprint density at radius 1 is 1.32 bits per heavy atom. The second-order valence-corrected chi connectivity index (χ2v) is 7.97. The lowest BCUT2D eigenvalue weighted by Crippen LogP contribution is -2.39. The Balaban J connectivity index is 1.71. The van der Waals surface area contributed by atoms with Gasteiger partial charge in [-0.3, -0.25) is 4.79 Å². The zero-order chi connectivity index (χ0) is 15.9. The van der Waals surface area contributed by atoms with Crippen molar-refractivity contribution in [3.63, 3.8) is 0 Å². The van der Waals surface area contributed by atoms with Crippen LogP contribution in [0.2, 0.25) is 5.02 Å². The van der Waals surface area contributed by atoms with Crippen LogP contribution in [0.25, 0.3) is 0 Å². The molecular weight excluding hydrogens is 316 g/mol. The predicted octanol–water partition coefficient (Wildman–Crippen LogP) is 3.84. The smallest absolute Gasteiger partial charge is 0.220 e. The van der Waals surface area contributed by atoms with E-state index in [1.165, 1.54) is 4.90 Å². The van der Waals surface area contributed by atoms with Crippen LogP contribution >= 0.6 is 23.4 Å². The fraction of sp³-hybridized carbons (Fsp3) is 0.588. The highest BCUT2D eigenvalue weighted by atomic mass is 35.5. The maximum absolute atomic E-state index is 11.9. The number of halogens is 1. The quantitative estimate of drug-likeness (QED) is 0.827. The van der Waals surface area contributed by atoms with E-state index in [9.17, 15) is 4.79 Å². The van der Waals surface area contributed by atoms with Gasteiger partial charge in [0, 0.05) is 27.6 Å². The van der Waals surface area contributed by atoms with Crippen LogP contribution in [-0.4, -0.2) is 23.7 Å². The van der Waals surface area contributed by atoms with Gasteiger partial charge in [-0.2, -0.15) is 0 Å². The lowest BCUT2D eigenvalue weighted by molar-refractivity contribution is -0.122. The van der Waals surface area contributed by atoms with E-state index in [1.54, 1.807) is 0 Å². The lowest BCUT2D eigenvalue weighted by atomic mass is 9.94. The van der Waals surface area contributed by atoms with Gasteiger partial charge < -0.3 is 11.1 Å². The molecule has 0 aromatic heterocycles. The molecule has 0 saturated heterocycles. The maximum Gasteiger partial charge on any atom is 0.220 e. The number of hydrogen-bond acceptors (Lipinski definition) is 3. The van der Waals surface area contributed by atoms with Gasteiger partial charge in [0.05, 0.1) is 0 Å². The number of carbonyl (C=O) groups is 1. The van der Waals surface area contributed by atoms with Crippen molar-refractivity contribution in [2.24, 2.45) is 11.7 Å². The van der Waals surface area contributed by atoms with Gasteiger partial charge in [0.25, 0.3) is 0 Å². The number of hydrogen-bond donors (Lipinski definition) is 2. The van der Waals surface area contributed by atoms with E-state index in [0.29, 0.717) is 24.3 Å². The van der Waals surface area contributed by atoms with Gasteiger partial charge in [0.2, 0.25) is 5.91 Å². The van der Waals surface area contributed by atoms with Crippen LogP contribution in [-0.2, 0) is 4.79 Å². The number of rotatable bonds is 6. The number of benzene rings is 1. The molecule has 0 heterocycles. The first kappa shape index (κ1) is 17.6. The SMILES string of the molecule is C[C@H](CN)CC(=O)NC1CCC(Sc2ccc(Cl)cc2)CC1. The van der Waals surface area contributed by atoms with E-state index < -0.39 is 0 Å². The maximum atomic E-state index is 11.9. The standard InChI is InChI=1S/C17H25ClN2OS/c1-12(11-19)10-17(21)20-14-4-8-16(9-5-14)22-15-6-2-13(18)3-7-15/h2-3,6-7,12,14,16H,4-5,8-11,19H2,1H3,(H,20,21)/t12-,14?,16?/m0/s1. The molecule has 3 N–H and O–H groups in total. The summed E-state index contributed by atoms with van der Waals surface area (Å²) in [5, 5.41) is 4.57. The summed E-state index contributed by atoms with van der Waals surface area (Å²) in [6.45, 7) is 2.58. The van der Waals surface area contributed by atoms with Crippen molar-refractivity contribution in [2.75, 3.05) is 6.54 Å². The molecule has 22 heavy (non-hydrogen) atoms. The molecule has 0 bridgehead atoms. The summed E-state index contributed by atoms with van der Waals surface area (Å²) >= 11 is 7.83. The van der Waals surface area contributed by atoms with E-state index >= 15 is 0 Å². The number of amides is 1. The molecule has 0 unspecified atom stereocenters. The Morgan fingerprint density at radius 2 is 1.95 bits per heavy atom. The Morgan fingerprint density at radius 3 is 2.55 bits per heavy atom. The highest BCUT2D eigenvalue weighted by Gasteiger charge is 2.23. The molecule has 1 fully saturated rings. The number of nitrogens with two attached hydrogens (primary N) is 1. The topological polar surface area (TPSA) is 55.1 Å². The molecule has 0 radical (unpaired) electrons. The van der Waals surface area contributed by atoms with Crippen molar-refractivity contribution in [3.8, 4) is 0 Å². The summed E-state index contributed by atoms with van der Waals surface area (Å²) < 4.78 is 0. The van der Waals surface area contributed by atoms with Gasteiger partial charge in [-0.05, 0) is 62.4 Å². The molecule has 3 nitrogen and oxygen atoms in total. The van der Waals surface area contributed by atoms with Gasteiger partial charge >= 0.3 is 0 Å². The van der Waals surface area contributed by atoms with E-state index in [-0.39, 0.29) is 11.8 Å². The normalized spacial score (nSPS) is 23.0. The Labute approximate surface area is 142 Å². The molecule has 5 heteroatoms. The van der Waals surface area contributed by atoms with Crippen LogP contribution in [0, 0.1) is 5.92 Å². The predicted molar refractivity (Wildman–Crippen MR) is 94.3 cm³/mol. The molecule has 122 valence electrons. The second-order valence-electron chi connectivity index (χ2n) is 6.16. The minimum Gasteiger partial charge on any atom is -0.353 e. The van der Waals surface area contributed by atoms with Gasteiger partial charge in [-0.15, -0.1) is 11.8 Å². The summed E-state index contributed by atoms with van der Waals surface area (Å²) in [5.41, 5.74) is 5.56. The van der Waals surface area contributed by atoms with Gasteiger partial charge in [0.15, 0.2) is 0 Å². The molecule has 1 aromatic carbocycles. The van der Waals surface area contributed by atoms with Crippen LogP contribution in [0.1, 0.15) is 39.0 Å². The van der Waals surface area contributed by atoms with Crippen molar-refractivity contribution in [2.45, 2.75) is 55.2 Å². The third-order valence-electron chi connectivity index (χ3n) is 4.09. The van der Waals surface area contributed by atoms with Crippen LogP contribution in [0.4, 0.5) is 0 Å². The van der Waals surface area contributed by atoms with Gasteiger partial charge in [-0.25, -0.2) is 0 Å². The Hall–Kier alpha value is -0.710. The van der Waals surface area contributed by atoms with Crippen molar-refractivity contribution in [1.82, 2.24) is 5.32 Å². The van der Waals surface area contributed by atoms with Crippen LogP contribution in [0.5, 0.6) is 0 Å². The molecule has 2 rings (SSSR count). The molecule has 0 aliphatic heterocycles. The molecule has 1 saturated carbocycles. The fourth-order valence-electron chi connectivity index (χ4n) is 2.72. The number of carbonyl (C=O) groups excluding carboxylic acids is 1. The van der Waals surface area contributed by atoms with Gasteiger partial charge in [0.1, 0.15) is 0 Å². The summed E-state index contributed by atoms with van der Waals surface area (Å²) in [6.07, 6.45) is 4.95. The zero-order valence-electron chi connectivity index (χ0n) is 13.1. The molecule has 1 amide bonds. The minimum atomic E-state index is 0.145. The Kier molecular flexibility index (Phi) is 7.06. The van der Waals surface area contributed by atoms with Crippen LogP contribution < -0.4 is 11.1 Å². The van der Waals surface area contributed by atoms with Crippen molar-refractivity contribution in [1.29, 1.82) is 0 Å². The van der Waals surface area contributed by atoms with Crippen molar-refractivity contribution in [3.05, 3.63) is 29.3 Å². The molecule has 0 spiro atoms. The summed E-state index contributed by atoms with van der Waals surface area (Å²) in [6, 6.07) is 8.37. The van der Waals surface area contributed by atoms with Gasteiger partial charge in [-0.1, -0.05) is 18.5 Å². The summed E-state index contributed by atoms with van der Waals surface area (Å²) in [5.74, 6) is 0.406. The van der Waals surface area contributed by atoms with E-state index in [2.05, 4.69) is 17.4 Å². The molecular formula is C17H25ClN2OS. The van der Waals surface area contributed by atoms with E-state index in [0.717, 1.165) is 30.7 Å². The van der Waals surface area contributed by atoms with E-state index in [1.807, 2.05) is 30.8 Å². The molecule has 1 aliphatic rings. The highest BCUT2D eigenvalue weighted by molar-refractivity contribution is 8.00. The lowest BCUT2D eigenvalue weighted by Gasteiger charge is -2.29. The fourth-order valence-corrected chi connectivity index (χ4v) is 4.03. The third kappa shape index (κ3) is 5.82. The first-order valence-electron chi connectivity index (χ1n) is 7.98. The molecule has 1 atom stereocenters. The first-order chi connectivity index (χ1) is 10.6. The highest BCUT2D eigenvalue weighted by Crippen LogP contribution is 2.34. The van der Waals surface area contributed by atoms with Crippen LogP contribution in [0.15, 0.2) is 29.2 Å². The number of nitrogens with one attached hydrogen (secondary N) is 1. The van der Waals surface area contributed by atoms with Crippen LogP contribution in [0.3, 0.4) is 0 Å². The summed E-state index contributed by atoms with van der Waals surface area (Å²) in [7, 11) is 0. The van der Waals surface area contributed by atoms with E-state index in [4.69, 9.17) is 17.3 Å². The first-order valence-corrected chi connectivity index (χ1v) is 9.24. The summed E-state index contributed by atoms with van der Waals surface area (Å²) in [4.78, 5) is 13.2. The Bertz CT molecular complexity index is 472. The minimum absolute atomic E-state index is 0.145.